The second-order valence-electron chi connectivity index (χ2n) is 4.36. The summed E-state index contributed by atoms with van der Waals surface area (Å²) in [7, 11) is 4.59. The summed E-state index contributed by atoms with van der Waals surface area (Å²) in [6.45, 7) is 0. The molecular weight excluding hydrogens is 229 g/mol. The molecule has 2 aromatic carbocycles. The van der Waals surface area contributed by atoms with Gasteiger partial charge < -0.3 is 10.0 Å². The Morgan fingerprint density at radius 3 is 1.82 bits per heavy atom. The van der Waals surface area contributed by atoms with Crippen LogP contribution in [0.1, 0.15) is 11.1 Å². The van der Waals surface area contributed by atoms with Gasteiger partial charge >= 0.3 is 0 Å². The first-order valence-corrected chi connectivity index (χ1v) is 6.14. The van der Waals surface area contributed by atoms with E-state index in [9.17, 15) is 5.11 Å². The van der Waals surface area contributed by atoms with Gasteiger partial charge in [-0.3, -0.25) is 0 Å². The molecule has 2 nitrogen and oxygen atoms in total. The summed E-state index contributed by atoms with van der Waals surface area (Å²) in [4.78, 5) is 2.11. The highest BCUT2D eigenvalue weighted by Crippen LogP contribution is 2.49. The van der Waals surface area contributed by atoms with E-state index in [1.165, 1.54) is 0 Å². The summed E-state index contributed by atoms with van der Waals surface area (Å²) < 4.78 is 0. The summed E-state index contributed by atoms with van der Waals surface area (Å²) in [5.41, 5.74) is 3.94. The maximum atomic E-state index is 10.7. The lowest BCUT2D eigenvalue weighted by atomic mass is 9.92. The molecule has 3 heteroatoms. The van der Waals surface area contributed by atoms with Gasteiger partial charge in [-0.05, 0) is 12.1 Å². The SMILES string of the molecule is CN1c2ccccc2C(O)(P)c2ccccc21. The minimum atomic E-state index is -1.00. The van der Waals surface area contributed by atoms with E-state index in [-0.39, 0.29) is 0 Å². The van der Waals surface area contributed by atoms with E-state index in [0.717, 1.165) is 22.5 Å². The first-order valence-electron chi connectivity index (χ1n) is 5.56. The van der Waals surface area contributed by atoms with Crippen LogP contribution in [0.25, 0.3) is 0 Å². The van der Waals surface area contributed by atoms with E-state index >= 15 is 0 Å². The number of nitrogens with zero attached hydrogens (tertiary/aromatic N) is 1. The quantitative estimate of drug-likeness (QED) is 0.719. The molecule has 0 amide bonds. The average molecular weight is 243 g/mol. The predicted octanol–water partition coefficient (Wildman–Crippen LogP) is 2.84. The fourth-order valence-corrected chi connectivity index (χ4v) is 2.94. The normalized spacial score (nSPS) is 16.3. The number of benzene rings is 2. The third-order valence-corrected chi connectivity index (χ3v) is 3.97. The van der Waals surface area contributed by atoms with Crippen LogP contribution in [0.4, 0.5) is 11.4 Å². The van der Waals surface area contributed by atoms with Crippen molar-refractivity contribution in [3.05, 3.63) is 59.7 Å². The van der Waals surface area contributed by atoms with Crippen LogP contribution in [-0.4, -0.2) is 12.2 Å². The van der Waals surface area contributed by atoms with Gasteiger partial charge in [0.15, 0.2) is 0 Å². The van der Waals surface area contributed by atoms with Crippen LogP contribution in [0, 0.1) is 0 Å². The number of aliphatic hydroxyl groups is 1. The van der Waals surface area contributed by atoms with Gasteiger partial charge in [0.25, 0.3) is 0 Å². The highest BCUT2D eigenvalue weighted by atomic mass is 31.0. The zero-order valence-electron chi connectivity index (χ0n) is 9.59. The zero-order valence-corrected chi connectivity index (χ0v) is 10.7. The van der Waals surface area contributed by atoms with Gasteiger partial charge in [-0.1, -0.05) is 45.6 Å². The fourth-order valence-electron chi connectivity index (χ4n) is 2.45. The average Bonchev–Trinajstić information content (AvgIpc) is 2.37. The molecule has 0 fully saturated rings. The van der Waals surface area contributed by atoms with Crippen LogP contribution in [0.5, 0.6) is 0 Å². The molecule has 1 heterocycles. The van der Waals surface area contributed by atoms with Gasteiger partial charge in [0.05, 0.1) is 0 Å². The van der Waals surface area contributed by atoms with Crippen molar-refractivity contribution in [2.24, 2.45) is 0 Å². The molecule has 0 radical (unpaired) electrons. The third-order valence-electron chi connectivity index (χ3n) is 3.35. The van der Waals surface area contributed by atoms with Crippen molar-refractivity contribution in [1.29, 1.82) is 0 Å². The van der Waals surface area contributed by atoms with Gasteiger partial charge in [-0.15, -0.1) is 0 Å². The molecule has 0 bridgehead atoms. The molecule has 0 aromatic heterocycles. The standard InChI is InChI=1S/C14H14NOP/c1-15-12-8-4-2-6-10(12)14(16,17)11-7-3-5-9-13(11)15/h2-9,16H,17H2,1H3. The lowest BCUT2D eigenvalue weighted by Crippen LogP contribution is -2.30. The molecule has 2 aromatic rings. The predicted molar refractivity (Wildman–Crippen MR) is 73.7 cm³/mol. The van der Waals surface area contributed by atoms with Crippen LogP contribution in [0.2, 0.25) is 0 Å². The second-order valence-corrected chi connectivity index (χ2v) is 5.20. The minimum absolute atomic E-state index is 0.922. The molecule has 1 aliphatic heterocycles. The van der Waals surface area contributed by atoms with E-state index in [1.807, 2.05) is 55.6 Å². The van der Waals surface area contributed by atoms with Crippen LogP contribution >= 0.6 is 9.24 Å². The van der Waals surface area contributed by atoms with E-state index in [0.29, 0.717) is 0 Å². The first-order chi connectivity index (χ1) is 8.12. The maximum absolute atomic E-state index is 10.7. The molecule has 1 N–H and O–H groups in total. The van der Waals surface area contributed by atoms with Crippen molar-refractivity contribution in [3.63, 3.8) is 0 Å². The van der Waals surface area contributed by atoms with Crippen LogP contribution in [0.15, 0.2) is 48.5 Å². The summed E-state index contributed by atoms with van der Waals surface area (Å²) in [5.74, 6) is 0. The van der Waals surface area contributed by atoms with E-state index < -0.39 is 5.34 Å². The molecule has 1 aliphatic rings. The summed E-state index contributed by atoms with van der Waals surface area (Å²) >= 11 is 0. The van der Waals surface area contributed by atoms with E-state index in [1.54, 1.807) is 0 Å². The Bertz CT molecular complexity index is 530. The van der Waals surface area contributed by atoms with Gasteiger partial charge in [-0.25, -0.2) is 0 Å². The molecule has 1 unspecified atom stereocenters. The summed E-state index contributed by atoms with van der Waals surface area (Å²) in [6, 6.07) is 15.9. The Labute approximate surface area is 103 Å². The molecule has 1 atom stereocenters. The molecule has 3 rings (SSSR count). The molecule has 0 aliphatic carbocycles. The smallest absolute Gasteiger partial charge is 0.132 e. The Morgan fingerprint density at radius 1 is 0.941 bits per heavy atom. The van der Waals surface area contributed by atoms with Gasteiger partial charge in [0, 0.05) is 29.5 Å². The Morgan fingerprint density at radius 2 is 1.35 bits per heavy atom. The minimum Gasteiger partial charge on any atom is -0.377 e. The van der Waals surface area contributed by atoms with Crippen LogP contribution in [-0.2, 0) is 5.34 Å². The van der Waals surface area contributed by atoms with Crippen molar-refractivity contribution < 1.29 is 5.11 Å². The van der Waals surface area contributed by atoms with Crippen molar-refractivity contribution in [2.45, 2.75) is 5.34 Å². The van der Waals surface area contributed by atoms with Crippen molar-refractivity contribution >= 4 is 20.6 Å². The molecule has 0 spiro atoms. The largest absolute Gasteiger partial charge is 0.377 e. The van der Waals surface area contributed by atoms with Crippen LogP contribution < -0.4 is 4.90 Å². The summed E-state index contributed by atoms with van der Waals surface area (Å²) in [6.07, 6.45) is 0. The monoisotopic (exact) mass is 243 g/mol. The lowest BCUT2D eigenvalue weighted by Gasteiger charge is -2.38. The molecule has 17 heavy (non-hydrogen) atoms. The Balaban J connectivity index is 2.34. The third kappa shape index (κ3) is 1.41. The van der Waals surface area contributed by atoms with Gasteiger partial charge in [0.1, 0.15) is 5.34 Å². The fraction of sp³-hybridized carbons (Fsp3) is 0.143. The molecular formula is C14H14NOP. The number of hydrogen-bond donors (Lipinski definition) is 1. The molecule has 0 saturated carbocycles. The number of rotatable bonds is 0. The Hall–Kier alpha value is -1.37. The van der Waals surface area contributed by atoms with Crippen molar-refractivity contribution in [3.8, 4) is 0 Å². The Kier molecular flexibility index (Phi) is 2.25. The molecule has 0 saturated heterocycles. The van der Waals surface area contributed by atoms with Crippen molar-refractivity contribution in [2.75, 3.05) is 11.9 Å². The summed E-state index contributed by atoms with van der Waals surface area (Å²) in [5, 5.41) is 9.73. The van der Waals surface area contributed by atoms with Crippen LogP contribution in [0.3, 0.4) is 0 Å². The van der Waals surface area contributed by atoms with E-state index in [2.05, 4.69) is 14.1 Å². The highest BCUT2D eigenvalue weighted by molar-refractivity contribution is 7.18. The first kappa shape index (κ1) is 10.8. The second kappa shape index (κ2) is 3.56. The van der Waals surface area contributed by atoms with Gasteiger partial charge in [0.2, 0.25) is 0 Å². The lowest BCUT2D eigenvalue weighted by molar-refractivity contribution is 0.179. The van der Waals surface area contributed by atoms with Gasteiger partial charge in [-0.2, -0.15) is 0 Å². The maximum Gasteiger partial charge on any atom is 0.132 e. The number of fused-ring (bicyclic) bond motifs is 2. The van der Waals surface area contributed by atoms with E-state index in [4.69, 9.17) is 0 Å². The zero-order chi connectivity index (χ0) is 12.0. The number of hydrogen-bond acceptors (Lipinski definition) is 2. The number of para-hydroxylation sites is 2. The van der Waals surface area contributed by atoms with Crippen molar-refractivity contribution in [1.82, 2.24) is 0 Å². The number of anilines is 2. The highest BCUT2D eigenvalue weighted by Gasteiger charge is 2.36. The molecule has 86 valence electrons. The topological polar surface area (TPSA) is 23.5 Å².